The summed E-state index contributed by atoms with van der Waals surface area (Å²) in [5.74, 6) is -0.0146. The summed E-state index contributed by atoms with van der Waals surface area (Å²) in [6.45, 7) is 0.754. The second-order valence-electron chi connectivity index (χ2n) is 8.73. The van der Waals surface area contributed by atoms with Crippen molar-refractivity contribution in [2.45, 2.75) is 31.8 Å². The van der Waals surface area contributed by atoms with Crippen LogP contribution in [0, 0.1) is 0 Å². The molecule has 1 aliphatic heterocycles. The molecule has 10 heteroatoms. The number of anilines is 4. The minimum absolute atomic E-state index is 0.0655. The van der Waals surface area contributed by atoms with E-state index in [9.17, 15) is 9.59 Å². The molecule has 1 saturated carbocycles. The number of hydrogen-bond donors (Lipinski definition) is 4. The van der Waals surface area contributed by atoms with Crippen LogP contribution >= 0.6 is 11.3 Å². The molecule has 0 spiro atoms. The third-order valence-electron chi connectivity index (χ3n) is 5.85. The number of aromatic nitrogens is 3. The van der Waals surface area contributed by atoms with Crippen LogP contribution in [0.4, 0.5) is 22.9 Å². The van der Waals surface area contributed by atoms with Crippen molar-refractivity contribution in [3.05, 3.63) is 70.2 Å². The molecule has 2 aliphatic rings. The summed E-state index contributed by atoms with van der Waals surface area (Å²) >= 11 is 1.69. The fraction of sp³-hybridized carbons (Fsp3) is 0.200. The zero-order valence-corrected chi connectivity index (χ0v) is 19.6. The van der Waals surface area contributed by atoms with Gasteiger partial charge in [0.15, 0.2) is 5.65 Å². The largest absolute Gasteiger partial charge is 0.382 e. The van der Waals surface area contributed by atoms with E-state index in [2.05, 4.69) is 61.4 Å². The van der Waals surface area contributed by atoms with Gasteiger partial charge in [-0.25, -0.2) is 9.50 Å². The molecule has 35 heavy (non-hydrogen) atoms. The molecule has 4 aromatic rings. The normalized spacial score (nSPS) is 16.6. The van der Waals surface area contributed by atoms with Crippen LogP contribution < -0.4 is 21.3 Å². The van der Waals surface area contributed by atoms with E-state index in [4.69, 9.17) is 4.98 Å². The van der Waals surface area contributed by atoms with Gasteiger partial charge in [-0.15, -0.1) is 0 Å². The average molecular weight is 486 g/mol. The van der Waals surface area contributed by atoms with Gasteiger partial charge in [-0.2, -0.15) is 16.4 Å². The third kappa shape index (κ3) is 4.87. The van der Waals surface area contributed by atoms with E-state index < -0.39 is 0 Å². The first-order valence-electron chi connectivity index (χ1n) is 11.4. The second-order valence-corrected chi connectivity index (χ2v) is 9.51. The van der Waals surface area contributed by atoms with Gasteiger partial charge < -0.3 is 16.0 Å². The predicted molar refractivity (Wildman–Crippen MR) is 137 cm³/mol. The van der Waals surface area contributed by atoms with Crippen molar-refractivity contribution in [1.29, 1.82) is 0 Å². The van der Waals surface area contributed by atoms with E-state index in [0.717, 1.165) is 23.6 Å². The molecule has 0 radical (unpaired) electrons. The molecule has 1 aromatic carbocycles. The number of nitrogens with one attached hydrogen (secondary N) is 4. The van der Waals surface area contributed by atoms with Crippen LogP contribution in [-0.2, 0) is 16.1 Å². The third-order valence-corrected chi connectivity index (χ3v) is 6.58. The lowest BCUT2D eigenvalue weighted by Gasteiger charge is -2.14. The topological polar surface area (TPSA) is 112 Å². The summed E-state index contributed by atoms with van der Waals surface area (Å²) in [4.78, 5) is 28.2. The second kappa shape index (κ2) is 8.88. The number of rotatable bonds is 8. The van der Waals surface area contributed by atoms with Crippen molar-refractivity contribution in [3.8, 4) is 0 Å². The van der Waals surface area contributed by atoms with Gasteiger partial charge in [0, 0.05) is 47.0 Å². The number of amides is 2. The molecule has 2 amide bonds. The molecule has 2 fully saturated rings. The predicted octanol–water partition coefficient (Wildman–Crippen LogP) is 4.15. The van der Waals surface area contributed by atoms with E-state index in [1.54, 1.807) is 28.1 Å². The van der Waals surface area contributed by atoms with Crippen molar-refractivity contribution in [2.75, 3.05) is 16.0 Å². The lowest BCUT2D eigenvalue weighted by atomic mass is 10.1. The highest BCUT2D eigenvalue weighted by Crippen LogP contribution is 2.30. The zero-order valence-electron chi connectivity index (χ0n) is 18.7. The first-order chi connectivity index (χ1) is 17.1. The maximum absolute atomic E-state index is 12.0. The Labute approximate surface area is 205 Å². The van der Waals surface area contributed by atoms with E-state index in [-0.39, 0.29) is 18.2 Å². The van der Waals surface area contributed by atoms with Crippen LogP contribution in [0.3, 0.4) is 0 Å². The van der Waals surface area contributed by atoms with Crippen molar-refractivity contribution in [2.24, 2.45) is 0 Å². The Morgan fingerprint density at radius 1 is 1.14 bits per heavy atom. The SMILES string of the molecule is O=C1C/C(=C/c2cnn3ccc(Nc4cc(NCc5ccsc5)cc(NC5CC5)c4)nc23)C(=O)N1. The maximum atomic E-state index is 12.0. The fourth-order valence-electron chi connectivity index (χ4n) is 3.96. The fourth-order valence-corrected chi connectivity index (χ4v) is 4.63. The number of carbonyl (C=O) groups excluding carboxylic acids is 2. The van der Waals surface area contributed by atoms with Crippen molar-refractivity contribution in [1.82, 2.24) is 19.9 Å². The highest BCUT2D eigenvalue weighted by Gasteiger charge is 2.24. The Kier molecular flexibility index (Phi) is 5.42. The van der Waals surface area contributed by atoms with E-state index in [1.807, 2.05) is 12.3 Å². The van der Waals surface area contributed by atoms with Crippen molar-refractivity contribution in [3.63, 3.8) is 0 Å². The van der Waals surface area contributed by atoms with Crippen LogP contribution in [0.25, 0.3) is 11.7 Å². The van der Waals surface area contributed by atoms with Crippen LogP contribution in [0.5, 0.6) is 0 Å². The molecule has 0 unspecified atom stereocenters. The summed E-state index contributed by atoms with van der Waals surface area (Å²) in [5.41, 5.74) is 5.90. The summed E-state index contributed by atoms with van der Waals surface area (Å²) in [5, 5.41) is 21.3. The summed E-state index contributed by atoms with van der Waals surface area (Å²) in [6, 6.07) is 10.8. The van der Waals surface area contributed by atoms with Crippen LogP contribution in [0.1, 0.15) is 30.4 Å². The van der Waals surface area contributed by atoms with Gasteiger partial charge >= 0.3 is 0 Å². The molecule has 6 rings (SSSR count). The molecule has 9 nitrogen and oxygen atoms in total. The monoisotopic (exact) mass is 485 g/mol. The Bertz CT molecular complexity index is 1450. The number of fused-ring (bicyclic) bond motifs is 1. The van der Waals surface area contributed by atoms with Crippen LogP contribution in [-0.4, -0.2) is 32.5 Å². The van der Waals surface area contributed by atoms with E-state index in [0.29, 0.717) is 28.6 Å². The molecule has 0 bridgehead atoms. The minimum Gasteiger partial charge on any atom is -0.382 e. The number of benzene rings is 1. The summed E-state index contributed by atoms with van der Waals surface area (Å²) in [6.07, 6.45) is 7.58. The molecule has 4 heterocycles. The average Bonchev–Trinajstić information content (AvgIpc) is 3.20. The van der Waals surface area contributed by atoms with Gasteiger partial charge in [0.25, 0.3) is 5.91 Å². The number of hydrogen-bond acceptors (Lipinski definition) is 8. The molecule has 3 aromatic heterocycles. The molecular formula is C25H23N7O2S. The molecule has 176 valence electrons. The molecular weight excluding hydrogens is 462 g/mol. The van der Waals surface area contributed by atoms with E-state index in [1.165, 1.54) is 18.4 Å². The maximum Gasteiger partial charge on any atom is 0.254 e. The molecule has 1 aliphatic carbocycles. The van der Waals surface area contributed by atoms with Gasteiger partial charge in [0.05, 0.1) is 12.6 Å². The molecule has 4 N–H and O–H groups in total. The Morgan fingerprint density at radius 2 is 2.00 bits per heavy atom. The smallest absolute Gasteiger partial charge is 0.254 e. The van der Waals surface area contributed by atoms with Gasteiger partial charge in [-0.05, 0) is 65.6 Å². The van der Waals surface area contributed by atoms with Gasteiger partial charge in [0.1, 0.15) is 5.82 Å². The highest BCUT2D eigenvalue weighted by atomic mass is 32.1. The van der Waals surface area contributed by atoms with Gasteiger partial charge in [-0.3, -0.25) is 14.9 Å². The minimum atomic E-state index is -0.369. The standard InChI is InChI=1S/C25H23N7O2S/c33-23-8-16(25(34)31-23)7-17-13-27-32-5-3-22(30-24(17)32)29-21-10-19(26-12-15-4-6-35-14-15)9-20(11-21)28-18-1-2-18/h3-7,9-11,13-14,18,26,28H,1-2,8,12H2,(H,29,30)(H,31,33,34)/b16-7-. The Hall–Kier alpha value is -4.18. The quantitative estimate of drug-likeness (QED) is 0.219. The summed E-state index contributed by atoms with van der Waals surface area (Å²) < 4.78 is 1.64. The molecule has 1 saturated heterocycles. The van der Waals surface area contributed by atoms with Crippen molar-refractivity contribution < 1.29 is 9.59 Å². The van der Waals surface area contributed by atoms with Crippen LogP contribution in [0.15, 0.2) is 59.1 Å². The lowest BCUT2D eigenvalue weighted by molar-refractivity contribution is -0.124. The van der Waals surface area contributed by atoms with Gasteiger partial charge in [0.2, 0.25) is 5.91 Å². The van der Waals surface area contributed by atoms with Crippen LogP contribution in [0.2, 0.25) is 0 Å². The number of nitrogens with zero attached hydrogens (tertiary/aromatic N) is 3. The summed E-state index contributed by atoms with van der Waals surface area (Å²) in [7, 11) is 0. The van der Waals surface area contributed by atoms with Gasteiger partial charge in [-0.1, -0.05) is 0 Å². The Balaban J connectivity index is 1.27. The highest BCUT2D eigenvalue weighted by molar-refractivity contribution is 7.07. The first kappa shape index (κ1) is 21.4. The number of thiophene rings is 1. The number of imide groups is 1. The lowest BCUT2D eigenvalue weighted by Crippen LogP contribution is -2.19. The van der Waals surface area contributed by atoms with E-state index >= 15 is 0 Å². The first-order valence-corrected chi connectivity index (χ1v) is 12.4. The Morgan fingerprint density at radius 3 is 2.77 bits per heavy atom. The molecule has 0 atom stereocenters. The zero-order chi connectivity index (χ0) is 23.8. The number of carbonyl (C=O) groups is 2. The van der Waals surface area contributed by atoms with Crippen molar-refractivity contribution >= 4 is 57.8 Å².